The largest absolute Gasteiger partial charge is 0.478 e. The second-order valence-electron chi connectivity index (χ2n) is 4.84. The molecule has 2 aromatic rings. The highest BCUT2D eigenvalue weighted by Gasteiger charge is 2.10. The van der Waals surface area contributed by atoms with E-state index in [2.05, 4.69) is 18.8 Å². The molecule has 0 amide bonds. The summed E-state index contributed by atoms with van der Waals surface area (Å²) in [6.07, 6.45) is 2.93. The van der Waals surface area contributed by atoms with Crippen LogP contribution < -0.4 is 0 Å². The number of rotatable bonds is 4. The molecule has 106 valence electrons. The van der Waals surface area contributed by atoms with Gasteiger partial charge in [0.2, 0.25) is 0 Å². The van der Waals surface area contributed by atoms with Gasteiger partial charge in [-0.05, 0) is 29.7 Å². The number of unbranched alkanes of at least 4 members (excludes halogenated alkanes) is 2. The predicted molar refractivity (Wildman–Crippen MR) is 85.2 cm³/mol. The second-order valence-corrected chi connectivity index (χ2v) is 4.84. The Bertz CT molecular complexity index is 676. The molecule has 2 nitrogen and oxygen atoms in total. The fraction of sp³-hybridized carbons (Fsp3) is 0.211. The molecule has 0 bridgehead atoms. The summed E-state index contributed by atoms with van der Waals surface area (Å²) in [7, 11) is 0. The van der Waals surface area contributed by atoms with Crippen LogP contribution in [0.25, 0.3) is 11.1 Å². The quantitative estimate of drug-likeness (QED) is 0.656. The highest BCUT2D eigenvalue weighted by molar-refractivity contribution is 5.92. The fourth-order valence-corrected chi connectivity index (χ4v) is 2.06. The number of carbonyl (C=O) groups is 1. The van der Waals surface area contributed by atoms with Crippen LogP contribution in [-0.4, -0.2) is 11.1 Å². The maximum Gasteiger partial charge on any atom is 0.336 e. The molecule has 21 heavy (non-hydrogen) atoms. The second kappa shape index (κ2) is 7.31. The molecule has 0 aliphatic carbocycles. The molecule has 0 saturated heterocycles. The molecule has 0 aliphatic heterocycles. The lowest BCUT2D eigenvalue weighted by molar-refractivity contribution is 0.0696. The Morgan fingerprint density at radius 3 is 2.52 bits per heavy atom. The highest BCUT2D eigenvalue weighted by atomic mass is 16.4. The summed E-state index contributed by atoms with van der Waals surface area (Å²) in [5.74, 6) is 5.08. The standard InChI is InChI=1S/C19H18O2/c1-2-3-4-6-11-16-12-13-17(14-18(16)19(20)21)15-9-7-5-8-10-15/h5,7-10,12-14H,2-4H2,1H3,(H,20,21). The third-order valence-electron chi connectivity index (χ3n) is 3.24. The number of aromatic carboxylic acids is 1. The summed E-state index contributed by atoms with van der Waals surface area (Å²) in [5, 5.41) is 9.37. The third kappa shape index (κ3) is 3.97. The van der Waals surface area contributed by atoms with Crippen molar-refractivity contribution in [3.05, 3.63) is 59.7 Å². The van der Waals surface area contributed by atoms with Gasteiger partial charge in [0.25, 0.3) is 0 Å². The Kier molecular flexibility index (Phi) is 5.17. The number of benzene rings is 2. The van der Waals surface area contributed by atoms with Gasteiger partial charge in [-0.1, -0.05) is 61.6 Å². The minimum atomic E-state index is -0.937. The molecule has 0 aromatic heterocycles. The van der Waals surface area contributed by atoms with Crippen molar-refractivity contribution in [3.63, 3.8) is 0 Å². The van der Waals surface area contributed by atoms with Crippen LogP contribution in [0, 0.1) is 11.8 Å². The van der Waals surface area contributed by atoms with Crippen LogP contribution in [-0.2, 0) is 0 Å². The van der Waals surface area contributed by atoms with Crippen molar-refractivity contribution in [2.24, 2.45) is 0 Å². The summed E-state index contributed by atoms with van der Waals surface area (Å²) in [6.45, 7) is 2.11. The Labute approximate surface area is 125 Å². The Morgan fingerprint density at radius 2 is 1.86 bits per heavy atom. The van der Waals surface area contributed by atoms with E-state index >= 15 is 0 Å². The van der Waals surface area contributed by atoms with Gasteiger partial charge in [-0.3, -0.25) is 0 Å². The van der Waals surface area contributed by atoms with Crippen LogP contribution in [0.4, 0.5) is 0 Å². The van der Waals surface area contributed by atoms with Crippen molar-refractivity contribution < 1.29 is 9.90 Å². The molecular formula is C19H18O2. The van der Waals surface area contributed by atoms with Crippen molar-refractivity contribution in [1.29, 1.82) is 0 Å². The molecular weight excluding hydrogens is 260 g/mol. The predicted octanol–water partition coefficient (Wildman–Crippen LogP) is 4.59. The van der Waals surface area contributed by atoms with E-state index in [1.54, 1.807) is 12.1 Å². The number of carboxylic acids is 1. The van der Waals surface area contributed by atoms with Crippen LogP contribution >= 0.6 is 0 Å². The molecule has 0 heterocycles. The lowest BCUT2D eigenvalue weighted by Crippen LogP contribution is -2.00. The van der Waals surface area contributed by atoms with Crippen molar-refractivity contribution in [3.8, 4) is 23.0 Å². The molecule has 0 aliphatic rings. The topological polar surface area (TPSA) is 37.3 Å². The first-order chi connectivity index (χ1) is 10.2. The summed E-state index contributed by atoms with van der Waals surface area (Å²) >= 11 is 0. The molecule has 0 saturated carbocycles. The van der Waals surface area contributed by atoms with Gasteiger partial charge < -0.3 is 5.11 Å². The van der Waals surface area contributed by atoms with Crippen molar-refractivity contribution >= 4 is 5.97 Å². The molecule has 0 radical (unpaired) electrons. The van der Waals surface area contributed by atoms with E-state index in [9.17, 15) is 9.90 Å². The van der Waals surface area contributed by atoms with Crippen LogP contribution in [0.1, 0.15) is 42.1 Å². The molecule has 2 rings (SSSR count). The smallest absolute Gasteiger partial charge is 0.336 e. The maximum absolute atomic E-state index is 11.4. The van der Waals surface area contributed by atoms with E-state index in [-0.39, 0.29) is 5.56 Å². The minimum absolute atomic E-state index is 0.264. The lowest BCUT2D eigenvalue weighted by Gasteiger charge is -2.05. The Hall–Kier alpha value is -2.53. The van der Waals surface area contributed by atoms with Crippen LogP contribution in [0.3, 0.4) is 0 Å². The van der Waals surface area contributed by atoms with Crippen molar-refractivity contribution in [2.45, 2.75) is 26.2 Å². The van der Waals surface area contributed by atoms with Gasteiger partial charge in [-0.25, -0.2) is 4.79 Å². The minimum Gasteiger partial charge on any atom is -0.478 e. The molecule has 2 heteroatoms. The zero-order valence-electron chi connectivity index (χ0n) is 12.1. The summed E-state index contributed by atoms with van der Waals surface area (Å²) < 4.78 is 0. The van der Waals surface area contributed by atoms with Gasteiger partial charge in [-0.2, -0.15) is 0 Å². The Balaban J connectivity index is 2.35. The van der Waals surface area contributed by atoms with Gasteiger partial charge in [0.1, 0.15) is 0 Å². The molecule has 2 aromatic carbocycles. The van der Waals surface area contributed by atoms with Gasteiger partial charge in [0.05, 0.1) is 5.56 Å². The maximum atomic E-state index is 11.4. The van der Waals surface area contributed by atoms with E-state index in [0.717, 1.165) is 30.4 Å². The van der Waals surface area contributed by atoms with E-state index in [1.807, 2.05) is 36.4 Å². The van der Waals surface area contributed by atoms with Gasteiger partial charge in [-0.15, -0.1) is 0 Å². The lowest BCUT2D eigenvalue weighted by atomic mass is 9.99. The SMILES string of the molecule is CCCCC#Cc1ccc(-c2ccccc2)cc1C(=O)O. The zero-order chi connectivity index (χ0) is 15.1. The van der Waals surface area contributed by atoms with Crippen LogP contribution in [0.5, 0.6) is 0 Å². The normalized spacial score (nSPS) is 9.76. The van der Waals surface area contributed by atoms with Gasteiger partial charge in [0, 0.05) is 12.0 Å². The molecule has 0 unspecified atom stereocenters. The highest BCUT2D eigenvalue weighted by Crippen LogP contribution is 2.22. The molecule has 1 N–H and O–H groups in total. The van der Waals surface area contributed by atoms with E-state index < -0.39 is 5.97 Å². The van der Waals surface area contributed by atoms with Crippen molar-refractivity contribution in [2.75, 3.05) is 0 Å². The fourth-order valence-electron chi connectivity index (χ4n) is 2.06. The van der Waals surface area contributed by atoms with E-state index in [4.69, 9.17) is 0 Å². The first kappa shape index (κ1) is 14.9. The van der Waals surface area contributed by atoms with Gasteiger partial charge in [0.15, 0.2) is 0 Å². The number of hydrogen-bond acceptors (Lipinski definition) is 1. The first-order valence-electron chi connectivity index (χ1n) is 7.14. The average molecular weight is 278 g/mol. The molecule has 0 atom stereocenters. The van der Waals surface area contributed by atoms with Gasteiger partial charge >= 0.3 is 5.97 Å². The van der Waals surface area contributed by atoms with E-state index in [1.165, 1.54) is 0 Å². The van der Waals surface area contributed by atoms with Crippen LogP contribution in [0.2, 0.25) is 0 Å². The monoisotopic (exact) mass is 278 g/mol. The first-order valence-corrected chi connectivity index (χ1v) is 7.14. The molecule has 0 fully saturated rings. The number of hydrogen-bond donors (Lipinski definition) is 1. The molecule has 0 spiro atoms. The third-order valence-corrected chi connectivity index (χ3v) is 3.24. The summed E-state index contributed by atoms with van der Waals surface area (Å²) in [6, 6.07) is 15.2. The summed E-state index contributed by atoms with van der Waals surface area (Å²) in [4.78, 5) is 11.4. The Morgan fingerprint density at radius 1 is 1.10 bits per heavy atom. The average Bonchev–Trinajstić information content (AvgIpc) is 2.52. The van der Waals surface area contributed by atoms with E-state index in [0.29, 0.717) is 5.56 Å². The van der Waals surface area contributed by atoms with Crippen molar-refractivity contribution in [1.82, 2.24) is 0 Å². The summed E-state index contributed by atoms with van der Waals surface area (Å²) in [5.41, 5.74) is 2.75. The van der Waals surface area contributed by atoms with Crippen LogP contribution in [0.15, 0.2) is 48.5 Å². The zero-order valence-corrected chi connectivity index (χ0v) is 12.1. The number of carboxylic acid groups (broad SMARTS) is 1.